The van der Waals surface area contributed by atoms with Crippen molar-refractivity contribution < 1.29 is 4.74 Å². The normalized spacial score (nSPS) is 18.9. The molecule has 3 nitrogen and oxygen atoms in total. The molecule has 102 valence electrons. The largest absolute Gasteiger partial charge is 0.493 e. The summed E-state index contributed by atoms with van der Waals surface area (Å²) in [5.74, 6) is 1.02. The molecule has 0 aromatic heterocycles. The second kappa shape index (κ2) is 5.63. The number of ether oxygens (including phenoxy) is 1. The third-order valence-electron chi connectivity index (χ3n) is 3.59. The predicted octanol–water partition coefficient (Wildman–Crippen LogP) is 3.35. The first-order valence-electron chi connectivity index (χ1n) is 6.90. The summed E-state index contributed by atoms with van der Waals surface area (Å²) in [5, 5.41) is 12.6. The lowest BCUT2D eigenvalue weighted by Gasteiger charge is -2.23. The molecule has 0 fully saturated rings. The van der Waals surface area contributed by atoms with Crippen LogP contribution < -0.4 is 10.1 Å². The zero-order chi connectivity index (χ0) is 13.9. The highest BCUT2D eigenvalue weighted by Gasteiger charge is 2.24. The van der Waals surface area contributed by atoms with Crippen molar-refractivity contribution >= 4 is 0 Å². The maximum atomic E-state index is 9.10. The fourth-order valence-corrected chi connectivity index (χ4v) is 2.39. The van der Waals surface area contributed by atoms with Crippen molar-refractivity contribution in [1.82, 2.24) is 5.32 Å². The van der Waals surface area contributed by atoms with E-state index in [1.807, 2.05) is 13.8 Å². The Morgan fingerprint density at radius 3 is 3.00 bits per heavy atom. The summed E-state index contributed by atoms with van der Waals surface area (Å²) in [6, 6.07) is 8.91. The second-order valence-corrected chi connectivity index (χ2v) is 5.91. The van der Waals surface area contributed by atoms with E-state index in [1.165, 1.54) is 11.1 Å². The summed E-state index contributed by atoms with van der Waals surface area (Å²) < 4.78 is 5.86. The molecule has 1 unspecified atom stereocenters. The smallest absolute Gasteiger partial charge is 0.126 e. The first-order chi connectivity index (χ1) is 9.03. The number of aryl methyl sites for hydroxylation is 1. The molecule has 1 atom stereocenters. The molecule has 0 spiro atoms. The molecule has 2 rings (SSSR count). The molecular formula is C16H22N2O. The number of nitrogens with zero attached hydrogens (tertiary/aromatic N) is 1. The number of para-hydroxylation sites is 1. The van der Waals surface area contributed by atoms with Crippen LogP contribution in [-0.4, -0.2) is 13.2 Å². The van der Waals surface area contributed by atoms with E-state index in [9.17, 15) is 0 Å². The summed E-state index contributed by atoms with van der Waals surface area (Å²) in [6.45, 7) is 7.48. The number of hydrogen-bond acceptors (Lipinski definition) is 3. The molecule has 1 aromatic rings. The summed E-state index contributed by atoms with van der Waals surface area (Å²) in [4.78, 5) is 0. The molecule has 0 saturated heterocycles. The minimum absolute atomic E-state index is 0.282. The van der Waals surface area contributed by atoms with Crippen molar-refractivity contribution in [2.24, 2.45) is 5.41 Å². The molecule has 1 aliphatic heterocycles. The average Bonchev–Trinajstić information content (AvgIpc) is 2.60. The Hall–Kier alpha value is -1.53. The summed E-state index contributed by atoms with van der Waals surface area (Å²) in [7, 11) is 0. The van der Waals surface area contributed by atoms with Crippen LogP contribution in [0.5, 0.6) is 5.75 Å². The van der Waals surface area contributed by atoms with Gasteiger partial charge < -0.3 is 10.1 Å². The number of nitrogens with one attached hydrogen (secondary N) is 1. The number of hydrogen-bond donors (Lipinski definition) is 1. The minimum atomic E-state index is -0.336. The third kappa shape index (κ3) is 3.27. The van der Waals surface area contributed by atoms with Crippen molar-refractivity contribution in [1.29, 1.82) is 5.26 Å². The molecular weight excluding hydrogens is 236 g/mol. The molecule has 1 N–H and O–H groups in total. The van der Waals surface area contributed by atoms with Gasteiger partial charge in [0.25, 0.3) is 0 Å². The van der Waals surface area contributed by atoms with Gasteiger partial charge in [-0.1, -0.05) is 18.2 Å². The van der Waals surface area contributed by atoms with E-state index in [1.54, 1.807) is 0 Å². The van der Waals surface area contributed by atoms with Crippen LogP contribution in [0.4, 0.5) is 0 Å². The van der Waals surface area contributed by atoms with E-state index in [0.717, 1.165) is 25.2 Å². The van der Waals surface area contributed by atoms with Gasteiger partial charge in [0.1, 0.15) is 5.75 Å². The van der Waals surface area contributed by atoms with Crippen molar-refractivity contribution in [2.45, 2.75) is 39.7 Å². The van der Waals surface area contributed by atoms with Gasteiger partial charge in [0, 0.05) is 18.2 Å². The van der Waals surface area contributed by atoms with Gasteiger partial charge in [-0.15, -0.1) is 0 Å². The van der Waals surface area contributed by atoms with E-state index in [-0.39, 0.29) is 11.5 Å². The van der Waals surface area contributed by atoms with Gasteiger partial charge in [-0.3, -0.25) is 0 Å². The quantitative estimate of drug-likeness (QED) is 0.904. The molecule has 0 bridgehead atoms. The van der Waals surface area contributed by atoms with Crippen molar-refractivity contribution in [2.75, 3.05) is 13.2 Å². The monoisotopic (exact) mass is 258 g/mol. The van der Waals surface area contributed by atoms with Gasteiger partial charge >= 0.3 is 0 Å². The standard InChI is InChI=1S/C16H22N2O/c1-12-6-4-7-13-14(8-5-9-19-15(12)13)18-11-16(2,3)10-17/h4,6-7,14,18H,5,8-9,11H2,1-3H3. The van der Waals surface area contributed by atoms with Crippen LogP contribution >= 0.6 is 0 Å². The second-order valence-electron chi connectivity index (χ2n) is 5.91. The first-order valence-corrected chi connectivity index (χ1v) is 6.90. The fraction of sp³-hybridized carbons (Fsp3) is 0.562. The Kier molecular flexibility index (Phi) is 4.11. The number of nitriles is 1. The van der Waals surface area contributed by atoms with Crippen LogP contribution in [0.1, 0.15) is 43.9 Å². The minimum Gasteiger partial charge on any atom is -0.493 e. The Morgan fingerprint density at radius 2 is 2.26 bits per heavy atom. The SMILES string of the molecule is Cc1cccc2c1OCCCC2NCC(C)(C)C#N. The average molecular weight is 258 g/mol. The highest BCUT2D eigenvalue weighted by molar-refractivity contribution is 5.43. The lowest BCUT2D eigenvalue weighted by atomic mass is 9.93. The van der Waals surface area contributed by atoms with Gasteiger partial charge in [0.2, 0.25) is 0 Å². The topological polar surface area (TPSA) is 45.0 Å². The predicted molar refractivity (Wildman–Crippen MR) is 76.0 cm³/mol. The number of rotatable bonds is 3. The van der Waals surface area contributed by atoms with Crippen LogP contribution in [0.25, 0.3) is 0 Å². The summed E-state index contributed by atoms with van der Waals surface area (Å²) in [6.07, 6.45) is 2.09. The van der Waals surface area contributed by atoms with E-state index in [2.05, 4.69) is 36.5 Å². The number of benzene rings is 1. The van der Waals surface area contributed by atoms with E-state index >= 15 is 0 Å². The van der Waals surface area contributed by atoms with Gasteiger partial charge in [-0.2, -0.15) is 5.26 Å². The third-order valence-corrected chi connectivity index (χ3v) is 3.59. The van der Waals surface area contributed by atoms with Crippen molar-refractivity contribution in [3.63, 3.8) is 0 Å². The van der Waals surface area contributed by atoms with Gasteiger partial charge in [-0.05, 0) is 39.2 Å². The molecule has 0 radical (unpaired) electrons. The fourth-order valence-electron chi connectivity index (χ4n) is 2.39. The molecule has 1 aliphatic rings. The van der Waals surface area contributed by atoms with E-state index in [4.69, 9.17) is 10.00 Å². The molecule has 1 aromatic carbocycles. The van der Waals surface area contributed by atoms with E-state index in [0.29, 0.717) is 6.54 Å². The number of fused-ring (bicyclic) bond motifs is 1. The van der Waals surface area contributed by atoms with Crippen LogP contribution in [0.2, 0.25) is 0 Å². The zero-order valence-electron chi connectivity index (χ0n) is 12.0. The Balaban J connectivity index is 2.19. The molecule has 3 heteroatoms. The molecule has 1 heterocycles. The highest BCUT2D eigenvalue weighted by Crippen LogP contribution is 2.34. The molecule has 0 amide bonds. The summed E-state index contributed by atoms with van der Waals surface area (Å²) >= 11 is 0. The lowest BCUT2D eigenvalue weighted by Crippen LogP contribution is -2.31. The van der Waals surface area contributed by atoms with Crippen molar-refractivity contribution in [3.8, 4) is 11.8 Å². The summed E-state index contributed by atoms with van der Waals surface area (Å²) in [5.41, 5.74) is 2.08. The van der Waals surface area contributed by atoms with Crippen LogP contribution in [0.3, 0.4) is 0 Å². The van der Waals surface area contributed by atoms with Gasteiger partial charge in [0.05, 0.1) is 18.1 Å². The Labute approximate surface area is 115 Å². The lowest BCUT2D eigenvalue weighted by molar-refractivity contribution is 0.312. The molecule has 19 heavy (non-hydrogen) atoms. The Bertz CT molecular complexity index is 488. The van der Waals surface area contributed by atoms with Gasteiger partial charge in [-0.25, -0.2) is 0 Å². The Morgan fingerprint density at radius 1 is 1.47 bits per heavy atom. The van der Waals surface area contributed by atoms with Crippen LogP contribution in [0, 0.1) is 23.7 Å². The van der Waals surface area contributed by atoms with E-state index < -0.39 is 0 Å². The van der Waals surface area contributed by atoms with Crippen LogP contribution in [-0.2, 0) is 0 Å². The molecule has 0 saturated carbocycles. The van der Waals surface area contributed by atoms with Crippen molar-refractivity contribution in [3.05, 3.63) is 29.3 Å². The molecule has 0 aliphatic carbocycles. The zero-order valence-corrected chi connectivity index (χ0v) is 12.0. The van der Waals surface area contributed by atoms with Gasteiger partial charge in [0.15, 0.2) is 0 Å². The first kappa shape index (κ1) is 13.9. The highest BCUT2D eigenvalue weighted by atomic mass is 16.5. The maximum Gasteiger partial charge on any atom is 0.126 e. The van der Waals surface area contributed by atoms with Crippen LogP contribution in [0.15, 0.2) is 18.2 Å². The maximum absolute atomic E-state index is 9.10.